The second-order valence-corrected chi connectivity index (χ2v) is 9.04. The molecule has 0 bridgehead atoms. The maximum Gasteiger partial charge on any atom is 0.475 e. The molecule has 1 aromatic rings. The highest BCUT2D eigenvalue weighted by Gasteiger charge is 2.49. The molecular formula is C17H15Cl2FNO7P. The molecule has 1 unspecified atom stereocenters. The quantitative estimate of drug-likeness (QED) is 0.493. The summed E-state index contributed by atoms with van der Waals surface area (Å²) in [6.07, 6.45) is -1.86. The predicted molar refractivity (Wildman–Crippen MR) is 98.6 cm³/mol. The molecule has 29 heavy (non-hydrogen) atoms. The summed E-state index contributed by atoms with van der Waals surface area (Å²) in [6.45, 7) is -0.306. The standard InChI is InChI=1S/C17H15Cl2FNO7P/c18-10-2-1-3-11(19)9(10)7-25-29(24)26-8-15-14(28-29)5-17(27-15)21-6-12(20)13(22)4-16(21)23/h1-3,6,14-15,17H,4-5,7-8H2/t14-,15+,17+,29?/m0/s1. The van der Waals surface area contributed by atoms with Gasteiger partial charge in [-0.15, -0.1) is 0 Å². The number of amides is 1. The van der Waals surface area contributed by atoms with Crippen LogP contribution in [0.5, 0.6) is 0 Å². The lowest BCUT2D eigenvalue weighted by atomic mass is 10.1. The number of phosphoric acid groups is 1. The molecule has 3 aliphatic rings. The van der Waals surface area contributed by atoms with Crippen molar-refractivity contribution in [1.82, 2.24) is 4.90 Å². The zero-order valence-corrected chi connectivity index (χ0v) is 17.2. The topological polar surface area (TPSA) is 91.4 Å². The van der Waals surface area contributed by atoms with Crippen LogP contribution in [0, 0.1) is 0 Å². The summed E-state index contributed by atoms with van der Waals surface area (Å²) in [4.78, 5) is 24.3. The number of ether oxygens (including phenoxy) is 1. The summed E-state index contributed by atoms with van der Waals surface area (Å²) in [6, 6.07) is 4.89. The van der Waals surface area contributed by atoms with Crippen LogP contribution >= 0.6 is 31.0 Å². The van der Waals surface area contributed by atoms with E-state index in [4.69, 9.17) is 41.5 Å². The molecule has 12 heteroatoms. The van der Waals surface area contributed by atoms with E-state index in [9.17, 15) is 18.5 Å². The number of carbonyl (C=O) groups is 2. The molecule has 3 heterocycles. The number of hydrogen-bond donors (Lipinski definition) is 0. The van der Waals surface area contributed by atoms with Crippen LogP contribution in [0.25, 0.3) is 0 Å². The van der Waals surface area contributed by atoms with Gasteiger partial charge in [0.1, 0.15) is 18.4 Å². The van der Waals surface area contributed by atoms with Gasteiger partial charge in [-0.05, 0) is 12.1 Å². The lowest BCUT2D eigenvalue weighted by Gasteiger charge is -2.30. The number of Topliss-reactive ketones (excluding diaryl/α,β-unsaturated/α-hetero) is 1. The number of benzene rings is 1. The Bertz CT molecular complexity index is 922. The van der Waals surface area contributed by atoms with E-state index in [2.05, 4.69) is 0 Å². The van der Waals surface area contributed by atoms with Crippen molar-refractivity contribution in [3.05, 3.63) is 45.8 Å². The number of nitrogens with zero attached hydrogens (tertiary/aromatic N) is 1. The highest BCUT2D eigenvalue weighted by molar-refractivity contribution is 7.48. The fourth-order valence-electron chi connectivity index (χ4n) is 3.20. The van der Waals surface area contributed by atoms with Gasteiger partial charge in [-0.3, -0.25) is 28.1 Å². The van der Waals surface area contributed by atoms with E-state index in [0.29, 0.717) is 15.6 Å². The number of carbonyl (C=O) groups excluding carboxylic acids is 2. The molecule has 156 valence electrons. The van der Waals surface area contributed by atoms with E-state index in [1.54, 1.807) is 18.2 Å². The summed E-state index contributed by atoms with van der Waals surface area (Å²) >= 11 is 12.1. The van der Waals surface area contributed by atoms with Crippen LogP contribution in [0.4, 0.5) is 4.39 Å². The van der Waals surface area contributed by atoms with Gasteiger partial charge < -0.3 is 4.74 Å². The third kappa shape index (κ3) is 4.27. The summed E-state index contributed by atoms with van der Waals surface area (Å²) < 4.78 is 48.1. The summed E-state index contributed by atoms with van der Waals surface area (Å²) in [5, 5.41) is 0.686. The SMILES string of the molecule is O=C1CC(=O)N([C@H]2C[C@@H]3OP(=O)(OCc4c(Cl)cccc4Cl)OC[C@H]3O2)C=C1F. The number of hydrogen-bond acceptors (Lipinski definition) is 7. The third-order valence-corrected chi connectivity index (χ3v) is 6.85. The third-order valence-electron chi connectivity index (χ3n) is 4.70. The molecule has 0 aliphatic carbocycles. The molecule has 1 aromatic carbocycles. The van der Waals surface area contributed by atoms with Crippen LogP contribution in [0.15, 0.2) is 30.2 Å². The Morgan fingerprint density at radius 2 is 1.97 bits per heavy atom. The minimum Gasteiger partial charge on any atom is -0.349 e. The fourth-order valence-corrected chi connectivity index (χ4v) is 5.07. The van der Waals surface area contributed by atoms with Crippen molar-refractivity contribution in [2.75, 3.05) is 6.61 Å². The largest absolute Gasteiger partial charge is 0.475 e. The first kappa shape index (κ1) is 20.9. The lowest BCUT2D eigenvalue weighted by Crippen LogP contribution is -2.40. The highest BCUT2D eigenvalue weighted by Crippen LogP contribution is 2.56. The van der Waals surface area contributed by atoms with Crippen molar-refractivity contribution in [2.45, 2.75) is 37.9 Å². The van der Waals surface area contributed by atoms with Crippen LogP contribution < -0.4 is 0 Å². The van der Waals surface area contributed by atoms with Crippen molar-refractivity contribution in [3.8, 4) is 0 Å². The molecular weight excluding hydrogens is 451 g/mol. The Hall–Kier alpha value is -1.32. The van der Waals surface area contributed by atoms with E-state index >= 15 is 0 Å². The molecule has 0 spiro atoms. The normalized spacial score (nSPS) is 32.3. The van der Waals surface area contributed by atoms with Gasteiger partial charge in [-0.1, -0.05) is 29.3 Å². The molecule has 0 aromatic heterocycles. The number of halogens is 3. The number of ketones is 1. The smallest absolute Gasteiger partial charge is 0.349 e. The molecule has 0 saturated carbocycles. The Morgan fingerprint density at radius 3 is 2.69 bits per heavy atom. The van der Waals surface area contributed by atoms with Crippen molar-refractivity contribution in [1.29, 1.82) is 0 Å². The molecule has 2 saturated heterocycles. The van der Waals surface area contributed by atoms with Gasteiger partial charge in [-0.25, -0.2) is 8.96 Å². The van der Waals surface area contributed by atoms with Crippen molar-refractivity contribution in [2.24, 2.45) is 0 Å². The Kier molecular flexibility index (Phi) is 5.83. The maximum absolute atomic E-state index is 13.6. The van der Waals surface area contributed by atoms with E-state index in [0.717, 1.165) is 11.1 Å². The van der Waals surface area contributed by atoms with E-state index in [-0.39, 0.29) is 19.6 Å². The van der Waals surface area contributed by atoms with Gasteiger partial charge in [0.05, 0.1) is 19.6 Å². The zero-order valence-electron chi connectivity index (χ0n) is 14.8. The van der Waals surface area contributed by atoms with Gasteiger partial charge in [0.2, 0.25) is 11.7 Å². The second-order valence-electron chi connectivity index (χ2n) is 6.60. The molecule has 8 nitrogen and oxygen atoms in total. The average molecular weight is 466 g/mol. The Morgan fingerprint density at radius 1 is 1.24 bits per heavy atom. The average Bonchev–Trinajstić information content (AvgIpc) is 3.06. The minimum absolute atomic E-state index is 0.109. The van der Waals surface area contributed by atoms with Crippen LogP contribution in [-0.2, 0) is 39.1 Å². The predicted octanol–water partition coefficient (Wildman–Crippen LogP) is 3.76. The second kappa shape index (κ2) is 8.07. The molecule has 4 rings (SSSR count). The van der Waals surface area contributed by atoms with Crippen LogP contribution in [-0.4, -0.2) is 41.6 Å². The lowest BCUT2D eigenvalue weighted by molar-refractivity contribution is -0.146. The fraction of sp³-hybridized carbons (Fsp3) is 0.412. The van der Waals surface area contributed by atoms with Crippen LogP contribution in [0.2, 0.25) is 10.0 Å². The Labute approximate surface area is 175 Å². The van der Waals surface area contributed by atoms with Gasteiger partial charge in [0.25, 0.3) is 0 Å². The zero-order chi connectivity index (χ0) is 20.8. The molecule has 3 aliphatic heterocycles. The Balaban J connectivity index is 1.42. The first-order chi connectivity index (χ1) is 13.8. The van der Waals surface area contributed by atoms with Gasteiger partial charge in [0.15, 0.2) is 5.83 Å². The summed E-state index contributed by atoms with van der Waals surface area (Å²) in [5.74, 6) is -2.49. The molecule has 4 atom stereocenters. The monoisotopic (exact) mass is 465 g/mol. The van der Waals surface area contributed by atoms with Crippen molar-refractivity contribution in [3.63, 3.8) is 0 Å². The van der Waals surface area contributed by atoms with Crippen LogP contribution in [0.1, 0.15) is 18.4 Å². The summed E-state index contributed by atoms with van der Waals surface area (Å²) in [5.41, 5.74) is 0.435. The molecule has 0 radical (unpaired) electrons. The number of allylic oxidation sites excluding steroid dienone is 1. The van der Waals surface area contributed by atoms with E-state index in [1.165, 1.54) is 0 Å². The highest BCUT2D eigenvalue weighted by atomic mass is 35.5. The molecule has 2 fully saturated rings. The van der Waals surface area contributed by atoms with Gasteiger partial charge in [-0.2, -0.15) is 0 Å². The minimum atomic E-state index is -3.94. The molecule has 1 amide bonds. The van der Waals surface area contributed by atoms with Gasteiger partial charge in [0, 0.05) is 28.2 Å². The van der Waals surface area contributed by atoms with Gasteiger partial charge >= 0.3 is 7.82 Å². The first-order valence-corrected chi connectivity index (χ1v) is 10.8. The number of phosphoric ester groups is 1. The van der Waals surface area contributed by atoms with E-state index < -0.39 is 50.2 Å². The van der Waals surface area contributed by atoms with Crippen molar-refractivity contribution >= 4 is 42.7 Å². The number of rotatable bonds is 4. The summed E-state index contributed by atoms with van der Waals surface area (Å²) in [7, 11) is -3.94. The molecule has 0 N–H and O–H groups in total. The maximum atomic E-state index is 13.6. The van der Waals surface area contributed by atoms with Crippen LogP contribution in [0.3, 0.4) is 0 Å². The first-order valence-electron chi connectivity index (χ1n) is 8.63. The number of fused-ring (bicyclic) bond motifs is 1. The van der Waals surface area contributed by atoms with Crippen molar-refractivity contribution < 1.29 is 36.9 Å². The van der Waals surface area contributed by atoms with E-state index in [1.807, 2.05) is 0 Å².